The smallest absolute Gasteiger partial charge is 0.0644 e. The quantitative estimate of drug-likeness (QED) is 0.853. The molecule has 3 nitrogen and oxygen atoms in total. The Morgan fingerprint density at radius 3 is 2.40 bits per heavy atom. The minimum Gasteiger partial charge on any atom is -0.306 e. The van der Waals surface area contributed by atoms with Crippen LogP contribution >= 0.6 is 11.8 Å². The third-order valence-electron chi connectivity index (χ3n) is 3.77. The number of hydrogen-bond acceptors (Lipinski definition) is 3. The molecule has 20 heavy (non-hydrogen) atoms. The van der Waals surface area contributed by atoms with Gasteiger partial charge in [0.2, 0.25) is 0 Å². The molecule has 0 fully saturated rings. The average Bonchev–Trinajstić information content (AvgIpc) is 2.70. The summed E-state index contributed by atoms with van der Waals surface area (Å²) in [6.45, 7) is 7.28. The highest BCUT2D eigenvalue weighted by molar-refractivity contribution is 7.98. The Labute approximate surface area is 125 Å². The summed E-state index contributed by atoms with van der Waals surface area (Å²) in [5, 5.41) is 8.07. The van der Waals surface area contributed by atoms with Crippen molar-refractivity contribution >= 4 is 11.8 Å². The number of nitrogens with zero attached hydrogens (tertiary/aromatic N) is 2. The normalized spacial score (nSPS) is 12.7. The number of aromatic nitrogens is 2. The monoisotopic (exact) mass is 289 g/mol. The summed E-state index contributed by atoms with van der Waals surface area (Å²) in [5.41, 5.74) is 4.98. The summed E-state index contributed by atoms with van der Waals surface area (Å²) in [5.74, 6) is 0. The molecule has 4 heteroatoms. The number of hydrogen-bond donors (Lipinski definition) is 1. The van der Waals surface area contributed by atoms with E-state index in [2.05, 4.69) is 61.7 Å². The summed E-state index contributed by atoms with van der Waals surface area (Å²) in [7, 11) is 2.00. The van der Waals surface area contributed by atoms with Crippen LogP contribution in [0.1, 0.15) is 35.5 Å². The van der Waals surface area contributed by atoms with Crippen molar-refractivity contribution in [3.63, 3.8) is 0 Å². The first-order valence-corrected chi connectivity index (χ1v) is 8.11. The van der Waals surface area contributed by atoms with Gasteiger partial charge in [0.15, 0.2) is 0 Å². The first kappa shape index (κ1) is 15.1. The molecule has 0 radical (unpaired) electrons. The number of thioether (sulfide) groups is 1. The van der Waals surface area contributed by atoms with Crippen LogP contribution in [0.3, 0.4) is 0 Å². The standard InChI is InChI=1S/C16H23N3S/c1-11(16-12(2)18-19(4)13(16)3)17-10-14-6-8-15(20-5)9-7-14/h6-9,11,17H,10H2,1-5H3. The molecular formula is C16H23N3S. The zero-order valence-corrected chi connectivity index (χ0v) is 13.7. The van der Waals surface area contributed by atoms with Crippen molar-refractivity contribution in [3.8, 4) is 0 Å². The summed E-state index contributed by atoms with van der Waals surface area (Å²) >= 11 is 1.77. The van der Waals surface area contributed by atoms with Crippen molar-refractivity contribution in [3.05, 3.63) is 46.8 Å². The van der Waals surface area contributed by atoms with E-state index in [1.807, 2.05) is 11.7 Å². The molecule has 0 spiro atoms. The Bertz CT molecular complexity index is 572. The summed E-state index contributed by atoms with van der Waals surface area (Å²) < 4.78 is 1.95. The maximum Gasteiger partial charge on any atom is 0.0644 e. The molecule has 108 valence electrons. The molecule has 1 heterocycles. The van der Waals surface area contributed by atoms with Gasteiger partial charge in [-0.15, -0.1) is 11.8 Å². The zero-order chi connectivity index (χ0) is 14.7. The van der Waals surface area contributed by atoms with Gasteiger partial charge in [-0.2, -0.15) is 5.10 Å². The van der Waals surface area contributed by atoms with E-state index >= 15 is 0 Å². The van der Waals surface area contributed by atoms with E-state index in [0.717, 1.165) is 12.2 Å². The molecule has 1 N–H and O–H groups in total. The zero-order valence-electron chi connectivity index (χ0n) is 12.9. The van der Waals surface area contributed by atoms with Gasteiger partial charge in [-0.05, 0) is 44.7 Å². The number of nitrogens with one attached hydrogen (secondary N) is 1. The van der Waals surface area contributed by atoms with Gasteiger partial charge < -0.3 is 5.32 Å². The minimum atomic E-state index is 0.309. The number of benzene rings is 1. The largest absolute Gasteiger partial charge is 0.306 e. The Morgan fingerprint density at radius 2 is 1.90 bits per heavy atom. The van der Waals surface area contributed by atoms with Gasteiger partial charge in [0, 0.05) is 35.8 Å². The lowest BCUT2D eigenvalue weighted by Crippen LogP contribution is -2.19. The van der Waals surface area contributed by atoms with Crippen LogP contribution < -0.4 is 5.32 Å². The van der Waals surface area contributed by atoms with Gasteiger partial charge in [-0.25, -0.2) is 0 Å². The molecular weight excluding hydrogens is 266 g/mol. The van der Waals surface area contributed by atoms with Crippen LogP contribution in [-0.4, -0.2) is 16.0 Å². The lowest BCUT2D eigenvalue weighted by molar-refractivity contribution is 0.568. The van der Waals surface area contributed by atoms with Crippen molar-refractivity contribution < 1.29 is 0 Å². The maximum absolute atomic E-state index is 4.48. The molecule has 0 aliphatic heterocycles. The Morgan fingerprint density at radius 1 is 1.25 bits per heavy atom. The van der Waals surface area contributed by atoms with Crippen LogP contribution in [0.5, 0.6) is 0 Å². The molecule has 2 aromatic rings. The van der Waals surface area contributed by atoms with Gasteiger partial charge >= 0.3 is 0 Å². The Hall–Kier alpha value is -1.26. The fourth-order valence-electron chi connectivity index (χ4n) is 2.53. The summed E-state index contributed by atoms with van der Waals surface area (Å²) in [4.78, 5) is 1.31. The van der Waals surface area contributed by atoms with Crippen molar-refractivity contribution in [1.29, 1.82) is 0 Å². The molecule has 0 bridgehead atoms. The second kappa shape index (κ2) is 6.46. The third-order valence-corrected chi connectivity index (χ3v) is 4.51. The molecule has 1 aromatic heterocycles. The summed E-state index contributed by atoms with van der Waals surface area (Å²) in [6, 6.07) is 9.03. The average molecular weight is 289 g/mol. The Balaban J connectivity index is 2.02. The third kappa shape index (κ3) is 3.25. The SMILES string of the molecule is CSc1ccc(CNC(C)c2c(C)nn(C)c2C)cc1. The van der Waals surface area contributed by atoms with Crippen molar-refractivity contribution in [2.45, 2.75) is 38.3 Å². The van der Waals surface area contributed by atoms with Gasteiger partial charge in [-0.1, -0.05) is 12.1 Å². The second-order valence-electron chi connectivity index (χ2n) is 5.16. The van der Waals surface area contributed by atoms with Gasteiger partial charge in [0.05, 0.1) is 5.69 Å². The number of aryl methyl sites for hydroxylation is 2. The first-order chi connectivity index (χ1) is 9.52. The molecule has 0 saturated carbocycles. The topological polar surface area (TPSA) is 29.9 Å². The highest BCUT2D eigenvalue weighted by Gasteiger charge is 2.15. The molecule has 1 unspecified atom stereocenters. The molecule has 1 atom stereocenters. The van der Waals surface area contributed by atoms with E-state index < -0.39 is 0 Å². The van der Waals surface area contributed by atoms with Crippen LogP contribution in [0.25, 0.3) is 0 Å². The van der Waals surface area contributed by atoms with Gasteiger partial charge in [-0.3, -0.25) is 4.68 Å². The Kier molecular flexibility index (Phi) is 4.89. The highest BCUT2D eigenvalue weighted by atomic mass is 32.2. The predicted molar refractivity (Wildman–Crippen MR) is 86.2 cm³/mol. The van der Waals surface area contributed by atoms with Crippen LogP contribution in [0.4, 0.5) is 0 Å². The van der Waals surface area contributed by atoms with E-state index in [1.165, 1.54) is 21.7 Å². The van der Waals surface area contributed by atoms with E-state index in [-0.39, 0.29) is 0 Å². The fourth-order valence-corrected chi connectivity index (χ4v) is 2.94. The van der Waals surface area contributed by atoms with Gasteiger partial charge in [0.25, 0.3) is 0 Å². The lowest BCUT2D eigenvalue weighted by Gasteiger charge is -2.15. The molecule has 0 aliphatic rings. The van der Waals surface area contributed by atoms with Crippen LogP contribution in [0.2, 0.25) is 0 Å². The second-order valence-corrected chi connectivity index (χ2v) is 6.04. The van der Waals surface area contributed by atoms with Crippen molar-refractivity contribution in [1.82, 2.24) is 15.1 Å². The predicted octanol–water partition coefficient (Wildman–Crippen LogP) is 3.61. The van der Waals surface area contributed by atoms with E-state index in [1.54, 1.807) is 11.8 Å². The first-order valence-electron chi connectivity index (χ1n) is 6.89. The van der Waals surface area contributed by atoms with Crippen molar-refractivity contribution in [2.24, 2.45) is 7.05 Å². The van der Waals surface area contributed by atoms with Crippen LogP contribution in [-0.2, 0) is 13.6 Å². The van der Waals surface area contributed by atoms with Crippen LogP contribution in [0.15, 0.2) is 29.2 Å². The van der Waals surface area contributed by atoms with Gasteiger partial charge in [0.1, 0.15) is 0 Å². The van der Waals surface area contributed by atoms with E-state index in [4.69, 9.17) is 0 Å². The van der Waals surface area contributed by atoms with E-state index in [0.29, 0.717) is 6.04 Å². The van der Waals surface area contributed by atoms with Crippen molar-refractivity contribution in [2.75, 3.05) is 6.26 Å². The minimum absolute atomic E-state index is 0.309. The van der Waals surface area contributed by atoms with E-state index in [9.17, 15) is 0 Å². The molecule has 2 rings (SSSR count). The molecule has 0 saturated heterocycles. The number of rotatable bonds is 5. The molecule has 0 aliphatic carbocycles. The fraction of sp³-hybridized carbons (Fsp3) is 0.438. The maximum atomic E-state index is 4.48. The highest BCUT2D eigenvalue weighted by Crippen LogP contribution is 2.21. The summed E-state index contributed by atoms with van der Waals surface area (Å²) in [6.07, 6.45) is 2.10. The lowest BCUT2D eigenvalue weighted by atomic mass is 10.1. The van der Waals surface area contributed by atoms with Crippen LogP contribution in [0, 0.1) is 13.8 Å². The molecule has 1 aromatic carbocycles. The molecule has 0 amide bonds.